The molecule has 9 nitrogen and oxygen atoms in total. The minimum atomic E-state index is -1.99. The van der Waals surface area contributed by atoms with Gasteiger partial charge in [-0.3, -0.25) is 4.57 Å². The van der Waals surface area contributed by atoms with Crippen LogP contribution in [0.2, 0.25) is 5.28 Å². The van der Waals surface area contributed by atoms with Crippen LogP contribution in [0.4, 0.5) is 5.82 Å². The highest BCUT2D eigenvalue weighted by Crippen LogP contribution is 2.33. The van der Waals surface area contributed by atoms with Gasteiger partial charge in [-0.25, -0.2) is 4.98 Å². The lowest BCUT2D eigenvalue weighted by Gasteiger charge is -2.17. The second kappa shape index (κ2) is 6.65. The number of ether oxygens (including phenoxy) is 1. The molecule has 25 heavy (non-hydrogen) atoms. The number of fused-ring (bicyclic) bond motifs is 1. The summed E-state index contributed by atoms with van der Waals surface area (Å²) >= 11 is 6.03. The van der Waals surface area contributed by atoms with E-state index in [1.165, 1.54) is 10.9 Å². The topological polar surface area (TPSA) is 126 Å². The summed E-state index contributed by atoms with van der Waals surface area (Å²) in [6, 6.07) is -0.534. The van der Waals surface area contributed by atoms with Crippen molar-refractivity contribution in [2.45, 2.75) is 56.2 Å². The lowest BCUT2D eigenvalue weighted by atomic mass is 10.1. The number of aromatic nitrogens is 4. The number of anilines is 1. The smallest absolute Gasteiger partial charge is 0.226 e. The van der Waals surface area contributed by atoms with Gasteiger partial charge in [-0.05, 0) is 24.4 Å². The fraction of sp³-hybridized carbons (Fsp3) is 0.667. The van der Waals surface area contributed by atoms with Gasteiger partial charge in [-0.2, -0.15) is 9.97 Å². The molecule has 3 heterocycles. The van der Waals surface area contributed by atoms with Crippen LogP contribution in [0.3, 0.4) is 0 Å². The fourth-order valence-corrected chi connectivity index (χ4v) is 3.21. The van der Waals surface area contributed by atoms with Crippen LogP contribution in [0, 0.1) is 0 Å². The molecule has 0 unspecified atom stereocenters. The van der Waals surface area contributed by atoms with E-state index in [9.17, 15) is 15.3 Å². The van der Waals surface area contributed by atoms with E-state index in [-0.39, 0.29) is 35.1 Å². The fourth-order valence-electron chi connectivity index (χ4n) is 3.04. The number of aliphatic hydroxyl groups is 3. The van der Waals surface area contributed by atoms with Gasteiger partial charge in [0.05, 0.1) is 12.9 Å². The van der Waals surface area contributed by atoms with Crippen molar-refractivity contribution in [1.82, 2.24) is 19.5 Å². The zero-order valence-electron chi connectivity index (χ0n) is 17.0. The number of hydrogen-bond donors (Lipinski definition) is 4. The molecule has 0 aromatic carbocycles. The first-order valence-electron chi connectivity index (χ1n) is 9.83. The second-order valence-electron chi connectivity index (χ2n) is 6.00. The Bertz CT molecular complexity index is 915. The number of halogens is 1. The van der Waals surface area contributed by atoms with E-state index in [0.717, 1.165) is 0 Å². The van der Waals surface area contributed by atoms with Crippen LogP contribution in [0.5, 0.6) is 0 Å². The van der Waals surface area contributed by atoms with E-state index in [4.69, 9.17) is 21.8 Å². The molecule has 2 aromatic rings. The van der Waals surface area contributed by atoms with Crippen LogP contribution in [-0.4, -0.2) is 65.8 Å². The highest BCUT2D eigenvalue weighted by atomic mass is 35.5. The molecule has 1 aliphatic carbocycles. The molecule has 1 saturated carbocycles. The molecule has 0 bridgehead atoms. The predicted molar refractivity (Wildman–Crippen MR) is 89.2 cm³/mol. The number of rotatable bonds is 4. The van der Waals surface area contributed by atoms with E-state index in [0.29, 0.717) is 0 Å². The molecule has 4 atom stereocenters. The van der Waals surface area contributed by atoms with Gasteiger partial charge in [0.15, 0.2) is 23.2 Å². The number of nitrogens with zero attached hydrogens (tertiary/aromatic N) is 4. The third-order valence-electron chi connectivity index (χ3n) is 4.35. The van der Waals surface area contributed by atoms with Crippen molar-refractivity contribution in [2.75, 3.05) is 11.9 Å². The zero-order chi connectivity index (χ0) is 21.1. The summed E-state index contributed by atoms with van der Waals surface area (Å²) in [6.07, 6.45) is -7.41. The number of nitrogens with one attached hydrogen (secondary N) is 1. The first kappa shape index (κ1) is 12.8. The molecule has 0 spiro atoms. The van der Waals surface area contributed by atoms with Gasteiger partial charge < -0.3 is 25.4 Å². The van der Waals surface area contributed by atoms with Crippen molar-refractivity contribution in [3.8, 4) is 0 Å². The number of aliphatic hydroxyl groups excluding tert-OH is 3. The molecular formula is C15H20ClN5O4. The zero-order valence-corrected chi connectivity index (χ0v) is 13.8. The molecule has 4 N–H and O–H groups in total. The van der Waals surface area contributed by atoms with Crippen LogP contribution in [0.15, 0.2) is 6.33 Å². The Hall–Kier alpha value is -1.52. The molecule has 0 radical (unpaired) electrons. The minimum absolute atomic E-state index is 0.0569. The van der Waals surface area contributed by atoms with E-state index in [1.807, 2.05) is 0 Å². The first-order valence-corrected chi connectivity index (χ1v) is 8.21. The summed E-state index contributed by atoms with van der Waals surface area (Å²) in [5.74, 6) is 0.198. The number of imidazole rings is 1. The quantitative estimate of drug-likeness (QED) is 0.569. The van der Waals surface area contributed by atoms with E-state index >= 15 is 0 Å². The van der Waals surface area contributed by atoms with Crippen LogP contribution in [-0.2, 0) is 4.74 Å². The van der Waals surface area contributed by atoms with Crippen LogP contribution in [0.25, 0.3) is 11.2 Å². The molecule has 136 valence electrons. The van der Waals surface area contributed by atoms with Gasteiger partial charge in [-0.15, -0.1) is 0 Å². The Balaban J connectivity index is 1.66. The Morgan fingerprint density at radius 1 is 1.32 bits per heavy atom. The van der Waals surface area contributed by atoms with Crippen molar-refractivity contribution in [2.24, 2.45) is 0 Å². The van der Waals surface area contributed by atoms with Gasteiger partial charge in [-0.1, -0.05) is 12.7 Å². The van der Waals surface area contributed by atoms with E-state index in [2.05, 4.69) is 20.3 Å². The predicted octanol–water partition coefficient (Wildman–Crippen LogP) is 0.446. The highest BCUT2D eigenvalue weighted by molar-refractivity contribution is 6.28. The lowest BCUT2D eigenvalue weighted by molar-refractivity contribution is -0.0511. The maximum atomic E-state index is 10.3. The summed E-state index contributed by atoms with van der Waals surface area (Å²) in [5.41, 5.74) is 0.464. The van der Waals surface area contributed by atoms with Crippen molar-refractivity contribution < 1.29 is 25.5 Å². The normalized spacial score (nSPS) is 36.8. The average molecular weight is 374 g/mol. The largest absolute Gasteiger partial charge is 0.394 e. The first-order chi connectivity index (χ1) is 13.5. The van der Waals surface area contributed by atoms with Gasteiger partial charge in [0.1, 0.15) is 18.3 Å². The van der Waals surface area contributed by atoms with E-state index in [1.54, 1.807) is 0 Å². The summed E-state index contributed by atoms with van der Waals surface area (Å²) < 4.78 is 38.4. The Kier molecular flexibility index (Phi) is 3.40. The van der Waals surface area contributed by atoms with Crippen molar-refractivity contribution in [1.29, 1.82) is 0 Å². The molecular weight excluding hydrogens is 350 g/mol. The summed E-state index contributed by atoms with van der Waals surface area (Å²) in [5, 5.41) is 32.4. The third kappa shape index (κ3) is 2.96. The summed E-state index contributed by atoms with van der Waals surface area (Å²) in [4.78, 5) is 12.4. The Morgan fingerprint density at radius 3 is 2.76 bits per heavy atom. The van der Waals surface area contributed by atoms with Gasteiger partial charge in [0.2, 0.25) is 5.28 Å². The minimum Gasteiger partial charge on any atom is -0.394 e. The Labute approximate surface area is 154 Å². The lowest BCUT2D eigenvalue weighted by Crippen LogP contribution is -2.33. The van der Waals surface area contributed by atoms with Crippen LogP contribution >= 0.6 is 11.6 Å². The summed E-state index contributed by atoms with van der Waals surface area (Å²) in [6.45, 7) is -0.477. The molecule has 1 saturated heterocycles. The van der Waals surface area contributed by atoms with Gasteiger partial charge in [0, 0.05) is 11.5 Å². The third-order valence-corrected chi connectivity index (χ3v) is 4.52. The van der Waals surface area contributed by atoms with E-state index < -0.39 is 49.9 Å². The molecule has 4 rings (SSSR count). The number of hydrogen-bond acceptors (Lipinski definition) is 8. The molecule has 2 aliphatic rings. The van der Waals surface area contributed by atoms with Gasteiger partial charge >= 0.3 is 0 Å². The Morgan fingerprint density at radius 2 is 2.08 bits per heavy atom. The SMILES string of the molecule is [2H]C1([2H])CC(Nc2nc(Cl)nc3c2ncn3[C@@H]2O[C@H](CO)[C@@H](O)[C@H]2O)CC1([2H])[2H]. The molecule has 1 aliphatic heterocycles. The summed E-state index contributed by atoms with van der Waals surface area (Å²) in [7, 11) is 0. The monoisotopic (exact) mass is 373 g/mol. The maximum absolute atomic E-state index is 10.3. The highest BCUT2D eigenvalue weighted by Gasteiger charge is 2.44. The molecule has 2 fully saturated rings. The molecule has 2 aromatic heterocycles. The maximum Gasteiger partial charge on any atom is 0.226 e. The van der Waals surface area contributed by atoms with Crippen molar-refractivity contribution in [3.63, 3.8) is 0 Å². The average Bonchev–Trinajstić information content (AvgIpc) is 3.21. The van der Waals surface area contributed by atoms with Crippen molar-refractivity contribution in [3.05, 3.63) is 11.6 Å². The van der Waals surface area contributed by atoms with Crippen LogP contribution in [0.1, 0.15) is 37.3 Å². The standard InChI is InChI=1S/C15H20ClN5O4/c16-15-19-12(18-7-3-1-2-4-7)9-13(20-15)21(6-17-9)14-11(24)10(23)8(5-22)25-14/h6-8,10-11,14,22-24H,1-5H2,(H,18,19,20)/t8-,10-,11-,14-/m1/s1/i1D2,2D2. The molecule has 10 heteroatoms. The van der Waals surface area contributed by atoms with Crippen molar-refractivity contribution >= 4 is 28.6 Å². The second-order valence-corrected chi connectivity index (χ2v) is 6.34. The van der Waals surface area contributed by atoms with Gasteiger partial charge in [0.25, 0.3) is 0 Å². The van der Waals surface area contributed by atoms with Crippen LogP contribution < -0.4 is 5.32 Å². The molecule has 0 amide bonds.